The van der Waals surface area contributed by atoms with Crippen LogP contribution in [0.3, 0.4) is 0 Å². The van der Waals surface area contributed by atoms with E-state index in [1.54, 1.807) is 22.7 Å². The highest BCUT2D eigenvalue weighted by atomic mass is 35.5. The van der Waals surface area contributed by atoms with Crippen molar-refractivity contribution in [3.63, 3.8) is 0 Å². The second-order valence-corrected chi connectivity index (χ2v) is 7.87. The van der Waals surface area contributed by atoms with Crippen molar-refractivity contribution in [2.45, 2.75) is 13.2 Å². The fourth-order valence-electron chi connectivity index (χ4n) is 2.06. The molecule has 0 saturated carbocycles. The van der Waals surface area contributed by atoms with Crippen LogP contribution in [0.4, 0.5) is 0 Å². The number of H-pyrrole nitrogens is 1. The summed E-state index contributed by atoms with van der Waals surface area (Å²) in [7, 11) is 2.13. The molecule has 1 atom stereocenters. The fourth-order valence-corrected chi connectivity index (χ4v) is 4.12. The highest BCUT2D eigenvalue weighted by Gasteiger charge is 2.11. The largest absolute Gasteiger partial charge is 0.314 e. The molecule has 2 N–H and O–H groups in total. The van der Waals surface area contributed by atoms with E-state index in [2.05, 4.69) is 23.2 Å². The summed E-state index contributed by atoms with van der Waals surface area (Å²) < 4.78 is 3.33. The first-order valence-electron chi connectivity index (χ1n) is 6.38. The van der Waals surface area contributed by atoms with Crippen molar-refractivity contribution in [1.82, 2.24) is 14.8 Å². The van der Waals surface area contributed by atoms with Crippen molar-refractivity contribution < 1.29 is 4.90 Å². The molecule has 0 aliphatic rings. The van der Waals surface area contributed by atoms with Crippen molar-refractivity contribution in [2.24, 2.45) is 0 Å². The minimum Gasteiger partial charge on any atom is -0.314 e. The fraction of sp³-hybridized carbons (Fsp3) is 0.231. The van der Waals surface area contributed by atoms with Gasteiger partial charge in [-0.1, -0.05) is 17.7 Å². The Morgan fingerprint density at radius 1 is 1.43 bits per heavy atom. The van der Waals surface area contributed by atoms with Crippen LogP contribution >= 0.6 is 46.5 Å². The van der Waals surface area contributed by atoms with Crippen molar-refractivity contribution in [3.8, 4) is 10.7 Å². The van der Waals surface area contributed by atoms with E-state index in [4.69, 9.17) is 23.8 Å². The molecule has 110 valence electrons. The van der Waals surface area contributed by atoms with Crippen LogP contribution in [0, 0.1) is 4.77 Å². The lowest BCUT2D eigenvalue weighted by Gasteiger charge is -2.12. The zero-order valence-corrected chi connectivity index (χ0v) is 14.5. The topological polar surface area (TPSA) is 38.0 Å². The quantitative estimate of drug-likeness (QED) is 0.689. The van der Waals surface area contributed by atoms with Gasteiger partial charge in [-0.2, -0.15) is 4.98 Å². The van der Waals surface area contributed by atoms with Gasteiger partial charge in [0.2, 0.25) is 4.77 Å². The summed E-state index contributed by atoms with van der Waals surface area (Å²) in [6, 6.07) is 8.05. The molecule has 3 aromatic rings. The van der Waals surface area contributed by atoms with Crippen LogP contribution in [0.5, 0.6) is 0 Å². The van der Waals surface area contributed by atoms with Crippen LogP contribution in [0.1, 0.15) is 4.88 Å². The Morgan fingerprint density at radius 3 is 2.95 bits per heavy atom. The first-order valence-corrected chi connectivity index (χ1v) is 8.86. The number of thiophene rings is 2. The molecule has 0 radical (unpaired) electrons. The van der Waals surface area contributed by atoms with E-state index in [0.29, 0.717) is 4.77 Å². The highest BCUT2D eigenvalue weighted by molar-refractivity contribution is 7.71. The number of hydrogen-bond donors (Lipinski definition) is 2. The van der Waals surface area contributed by atoms with Gasteiger partial charge >= 0.3 is 0 Å². The van der Waals surface area contributed by atoms with Gasteiger partial charge in [0.25, 0.3) is 0 Å². The van der Waals surface area contributed by atoms with Gasteiger partial charge < -0.3 is 4.90 Å². The Kier molecular flexibility index (Phi) is 4.56. The summed E-state index contributed by atoms with van der Waals surface area (Å²) >= 11 is 14.6. The Bertz CT molecular complexity index is 772. The van der Waals surface area contributed by atoms with E-state index in [1.165, 1.54) is 9.78 Å². The molecule has 0 saturated heterocycles. The zero-order chi connectivity index (χ0) is 14.8. The Morgan fingerprint density at radius 2 is 2.29 bits per heavy atom. The summed E-state index contributed by atoms with van der Waals surface area (Å²) in [5, 5.41) is 5.30. The highest BCUT2D eigenvalue weighted by Crippen LogP contribution is 2.21. The van der Waals surface area contributed by atoms with Crippen molar-refractivity contribution in [3.05, 3.63) is 43.6 Å². The van der Waals surface area contributed by atoms with Crippen molar-refractivity contribution in [2.75, 3.05) is 7.05 Å². The van der Waals surface area contributed by atoms with Crippen LogP contribution in [-0.4, -0.2) is 21.8 Å². The minimum absolute atomic E-state index is 0.585. The summed E-state index contributed by atoms with van der Waals surface area (Å²) in [6.07, 6.45) is 0. The van der Waals surface area contributed by atoms with Gasteiger partial charge in [0.15, 0.2) is 12.5 Å². The molecular weight excluding hydrogens is 344 g/mol. The summed E-state index contributed by atoms with van der Waals surface area (Å²) in [5.41, 5.74) is 0. The van der Waals surface area contributed by atoms with Gasteiger partial charge in [0.1, 0.15) is 6.54 Å². The number of hydrogen-bond acceptors (Lipinski definition) is 4. The molecular formula is C13H14ClN4S3+. The third-order valence-corrected chi connectivity index (χ3v) is 5.39. The summed E-state index contributed by atoms with van der Waals surface area (Å²) in [5.74, 6) is 0.835. The van der Waals surface area contributed by atoms with Crippen LogP contribution in [0.25, 0.3) is 10.7 Å². The molecule has 1 unspecified atom stereocenters. The first-order chi connectivity index (χ1) is 10.1. The molecule has 21 heavy (non-hydrogen) atoms. The summed E-state index contributed by atoms with van der Waals surface area (Å²) in [4.78, 5) is 8.09. The SMILES string of the molecule is C[NH+](Cc1ccc(Cl)s1)Cn1[nH]c(-c2cccs2)nc1=S. The van der Waals surface area contributed by atoms with Gasteiger partial charge in [-0.05, 0) is 35.8 Å². The van der Waals surface area contributed by atoms with Crippen molar-refractivity contribution in [1.29, 1.82) is 0 Å². The van der Waals surface area contributed by atoms with Gasteiger partial charge in [-0.3, -0.25) is 5.10 Å². The molecule has 0 aromatic carbocycles. The molecule has 3 aromatic heterocycles. The monoisotopic (exact) mass is 357 g/mol. The lowest BCUT2D eigenvalue weighted by molar-refractivity contribution is -0.917. The zero-order valence-electron chi connectivity index (χ0n) is 11.3. The lowest BCUT2D eigenvalue weighted by Crippen LogP contribution is -3.06. The number of halogens is 1. The maximum Gasteiger partial charge on any atom is 0.221 e. The number of aromatic nitrogens is 3. The summed E-state index contributed by atoms with van der Waals surface area (Å²) in [6.45, 7) is 1.65. The van der Waals surface area contributed by atoms with E-state index in [9.17, 15) is 0 Å². The Hall–Kier alpha value is -0.990. The molecule has 3 heterocycles. The minimum atomic E-state index is 0.585. The number of quaternary nitrogens is 1. The maximum atomic E-state index is 5.96. The normalized spacial score (nSPS) is 12.7. The van der Waals surface area contributed by atoms with E-state index < -0.39 is 0 Å². The molecule has 0 bridgehead atoms. The average molecular weight is 358 g/mol. The third-order valence-electron chi connectivity index (χ3n) is 2.97. The van der Waals surface area contributed by atoms with Gasteiger partial charge in [-0.15, -0.1) is 22.7 Å². The Balaban J connectivity index is 1.71. The van der Waals surface area contributed by atoms with Crippen LogP contribution in [0.2, 0.25) is 4.34 Å². The third kappa shape index (κ3) is 3.61. The number of nitrogens with one attached hydrogen (secondary N) is 2. The van der Waals surface area contributed by atoms with E-state index in [-0.39, 0.29) is 0 Å². The van der Waals surface area contributed by atoms with Gasteiger partial charge in [-0.25, -0.2) is 4.68 Å². The molecule has 4 nitrogen and oxygen atoms in total. The molecule has 0 aliphatic carbocycles. The molecule has 8 heteroatoms. The van der Waals surface area contributed by atoms with Gasteiger partial charge in [0, 0.05) is 0 Å². The van der Waals surface area contributed by atoms with Crippen LogP contribution in [0.15, 0.2) is 29.6 Å². The lowest BCUT2D eigenvalue weighted by atomic mass is 10.4. The number of nitrogens with zero attached hydrogens (tertiary/aromatic N) is 2. The Labute approximate surface area is 140 Å². The van der Waals surface area contributed by atoms with Crippen LogP contribution < -0.4 is 4.90 Å². The van der Waals surface area contributed by atoms with Gasteiger partial charge in [0.05, 0.1) is 21.1 Å². The first kappa shape index (κ1) is 14.9. The maximum absolute atomic E-state index is 5.96. The van der Waals surface area contributed by atoms with E-state index >= 15 is 0 Å². The second kappa shape index (κ2) is 6.41. The standard InChI is InChI=1S/C13H13ClN4S3/c1-17(7-9-4-5-11(14)21-9)8-18-13(19)15-12(16-18)10-3-2-6-20-10/h2-6H,7-8H2,1H3,(H,15,16,19)/p+1. The van der Waals surface area contributed by atoms with Crippen LogP contribution in [-0.2, 0) is 13.2 Å². The predicted octanol–water partition coefficient (Wildman–Crippen LogP) is 3.06. The molecule has 0 fully saturated rings. The number of rotatable bonds is 5. The van der Waals surface area contributed by atoms with Crippen molar-refractivity contribution >= 4 is 46.5 Å². The average Bonchev–Trinajstić information content (AvgIpc) is 3.13. The van der Waals surface area contributed by atoms with E-state index in [0.717, 1.165) is 28.3 Å². The number of aromatic amines is 1. The molecule has 0 spiro atoms. The molecule has 0 aliphatic heterocycles. The van der Waals surface area contributed by atoms with E-state index in [1.807, 2.05) is 28.3 Å². The smallest absolute Gasteiger partial charge is 0.221 e. The molecule has 3 rings (SSSR count). The molecule has 0 amide bonds. The second-order valence-electron chi connectivity index (χ2n) is 4.76. The predicted molar refractivity (Wildman–Crippen MR) is 90.6 cm³/mol.